The number of para-hydroxylation sites is 1. The van der Waals surface area contributed by atoms with Crippen molar-refractivity contribution >= 4 is 67.0 Å². The number of rotatable bonds is 8. The maximum Gasteiger partial charge on any atom is 0.322 e. The SMILES string of the molecule is CN1CCN(C2CCN(C(=O)C(CC(=O)N3CCC(N4Cc5ccccc5NC4=O)CC3)Cc3cc(Br)c(N)c(Br)c3)CC2)C(C(=O)O)C1. The van der Waals surface area contributed by atoms with E-state index in [1.807, 2.05) is 58.1 Å². The number of hydrogen-bond donors (Lipinski definition) is 3. The molecule has 12 nitrogen and oxygen atoms in total. The molecular weight excluding hydrogens is 758 g/mol. The first kappa shape index (κ1) is 35.6. The summed E-state index contributed by atoms with van der Waals surface area (Å²) in [6.45, 7) is 4.63. The first-order valence-corrected chi connectivity index (χ1v) is 18.7. The van der Waals surface area contributed by atoms with Gasteiger partial charge >= 0.3 is 12.0 Å². The summed E-state index contributed by atoms with van der Waals surface area (Å²) in [5.41, 5.74) is 9.54. The Morgan fingerprint density at radius 2 is 1.57 bits per heavy atom. The average molecular weight is 804 g/mol. The average Bonchev–Trinajstić information content (AvgIpc) is 3.09. The lowest BCUT2D eigenvalue weighted by Gasteiger charge is -2.45. The number of anilines is 2. The molecule has 2 unspecified atom stereocenters. The van der Waals surface area contributed by atoms with Crippen molar-refractivity contribution < 1.29 is 24.3 Å². The Kier molecular flexibility index (Phi) is 11.2. The van der Waals surface area contributed by atoms with Gasteiger partial charge in [0.25, 0.3) is 0 Å². The van der Waals surface area contributed by atoms with E-state index in [1.165, 1.54) is 0 Å². The second-order valence-electron chi connectivity index (χ2n) is 13.8. The number of carboxylic acids is 1. The van der Waals surface area contributed by atoms with Gasteiger partial charge in [0.2, 0.25) is 11.8 Å². The predicted molar refractivity (Wildman–Crippen MR) is 194 cm³/mol. The number of carbonyl (C=O) groups excluding carboxylic acids is 3. The number of likely N-dealkylation sites (tertiary alicyclic amines) is 2. The minimum atomic E-state index is -0.807. The van der Waals surface area contributed by atoms with Gasteiger partial charge in [-0.25, -0.2) is 4.79 Å². The van der Waals surface area contributed by atoms with Gasteiger partial charge < -0.3 is 35.8 Å². The van der Waals surface area contributed by atoms with Gasteiger partial charge in [0.15, 0.2) is 0 Å². The number of carboxylic acid groups (broad SMARTS) is 1. The molecule has 3 fully saturated rings. The van der Waals surface area contributed by atoms with Crippen molar-refractivity contribution in [3.8, 4) is 0 Å². The Bertz CT molecular complexity index is 1550. The number of halogens is 2. The number of nitrogens with one attached hydrogen (secondary N) is 1. The minimum absolute atomic E-state index is 0.0293. The summed E-state index contributed by atoms with van der Waals surface area (Å²) in [6.07, 6.45) is 3.21. The summed E-state index contributed by atoms with van der Waals surface area (Å²) in [4.78, 5) is 62.7. The molecule has 264 valence electrons. The summed E-state index contributed by atoms with van der Waals surface area (Å²) < 4.78 is 1.45. The maximum atomic E-state index is 14.2. The lowest BCUT2D eigenvalue weighted by molar-refractivity contribution is -0.149. The van der Waals surface area contributed by atoms with Crippen LogP contribution in [0.1, 0.15) is 43.2 Å². The molecule has 4 aliphatic rings. The highest BCUT2D eigenvalue weighted by Gasteiger charge is 2.39. The molecule has 0 spiro atoms. The monoisotopic (exact) mass is 801 g/mol. The Hall–Kier alpha value is -3.20. The van der Waals surface area contributed by atoms with E-state index in [-0.39, 0.29) is 36.3 Å². The van der Waals surface area contributed by atoms with Crippen LogP contribution in [0.25, 0.3) is 0 Å². The number of piperazine rings is 1. The zero-order chi connectivity index (χ0) is 34.8. The number of nitrogens with zero attached hydrogens (tertiary/aromatic N) is 5. The topological polar surface area (TPSA) is 143 Å². The van der Waals surface area contributed by atoms with Crippen LogP contribution in [0.3, 0.4) is 0 Å². The van der Waals surface area contributed by atoms with Crippen LogP contribution in [-0.4, -0.2) is 124 Å². The van der Waals surface area contributed by atoms with Gasteiger partial charge in [0.1, 0.15) is 6.04 Å². The molecule has 3 saturated heterocycles. The Morgan fingerprint density at radius 3 is 2.24 bits per heavy atom. The molecule has 2 aromatic rings. The van der Waals surface area contributed by atoms with E-state index >= 15 is 0 Å². The summed E-state index contributed by atoms with van der Waals surface area (Å²) in [5.74, 6) is -1.49. The Labute approximate surface area is 304 Å². The molecule has 4 amide bonds. The third-order valence-corrected chi connectivity index (χ3v) is 12.0. The summed E-state index contributed by atoms with van der Waals surface area (Å²) in [5, 5.41) is 12.9. The number of amides is 4. The maximum absolute atomic E-state index is 14.2. The number of carbonyl (C=O) groups is 4. The van der Waals surface area contributed by atoms with Crippen LogP contribution in [0, 0.1) is 5.92 Å². The highest BCUT2D eigenvalue weighted by molar-refractivity contribution is 9.11. The molecule has 0 bridgehead atoms. The molecule has 4 heterocycles. The molecule has 49 heavy (non-hydrogen) atoms. The van der Waals surface area contributed by atoms with Crippen molar-refractivity contribution in [2.45, 2.75) is 63.2 Å². The fraction of sp³-hybridized carbons (Fsp3) is 0.543. The van der Waals surface area contributed by atoms with Gasteiger partial charge in [-0.3, -0.25) is 19.3 Å². The van der Waals surface area contributed by atoms with E-state index < -0.39 is 17.9 Å². The predicted octanol–water partition coefficient (Wildman–Crippen LogP) is 4.07. The molecule has 14 heteroatoms. The summed E-state index contributed by atoms with van der Waals surface area (Å²) in [6, 6.07) is 11.1. The number of aliphatic carboxylic acids is 1. The fourth-order valence-corrected chi connectivity index (χ4v) is 9.12. The first-order chi connectivity index (χ1) is 23.5. The van der Waals surface area contributed by atoms with Gasteiger partial charge in [0.05, 0.1) is 11.6 Å². The third kappa shape index (κ3) is 8.08. The second-order valence-corrected chi connectivity index (χ2v) is 15.5. The van der Waals surface area contributed by atoms with Crippen molar-refractivity contribution in [1.82, 2.24) is 24.5 Å². The lowest BCUT2D eigenvalue weighted by atomic mass is 9.91. The summed E-state index contributed by atoms with van der Waals surface area (Å²) >= 11 is 7.04. The normalized spacial score (nSPS) is 22.1. The number of hydrogen-bond acceptors (Lipinski definition) is 7. The number of piperidine rings is 2. The second kappa shape index (κ2) is 15.4. The zero-order valence-corrected chi connectivity index (χ0v) is 31.0. The quantitative estimate of drug-likeness (QED) is 0.340. The van der Waals surface area contributed by atoms with Crippen LogP contribution in [0.5, 0.6) is 0 Å². The van der Waals surface area contributed by atoms with Crippen LogP contribution in [-0.2, 0) is 27.3 Å². The highest BCUT2D eigenvalue weighted by atomic mass is 79.9. The summed E-state index contributed by atoms with van der Waals surface area (Å²) in [7, 11) is 1.95. The largest absolute Gasteiger partial charge is 0.480 e. The van der Waals surface area contributed by atoms with E-state index in [4.69, 9.17) is 5.73 Å². The van der Waals surface area contributed by atoms with Crippen LogP contribution in [0.4, 0.5) is 16.2 Å². The van der Waals surface area contributed by atoms with Crippen LogP contribution >= 0.6 is 31.9 Å². The number of likely N-dealkylation sites (N-methyl/N-ethyl adjacent to an activating group) is 1. The van der Waals surface area contributed by atoms with E-state index in [9.17, 15) is 24.3 Å². The molecule has 0 aliphatic carbocycles. The number of nitrogen functional groups attached to an aromatic ring is 1. The van der Waals surface area contributed by atoms with Crippen molar-refractivity contribution in [2.75, 3.05) is 63.9 Å². The number of benzene rings is 2. The molecule has 6 rings (SSSR count). The van der Waals surface area contributed by atoms with Gasteiger partial charge in [-0.1, -0.05) is 18.2 Å². The van der Waals surface area contributed by atoms with E-state index in [1.54, 1.807) is 0 Å². The molecule has 2 atom stereocenters. The molecule has 0 saturated carbocycles. The van der Waals surface area contributed by atoms with E-state index in [0.29, 0.717) is 83.6 Å². The fourth-order valence-electron chi connectivity index (χ4n) is 7.84. The molecule has 0 aromatic heterocycles. The Balaban J connectivity index is 1.10. The molecule has 0 radical (unpaired) electrons. The van der Waals surface area contributed by atoms with Crippen molar-refractivity contribution in [3.63, 3.8) is 0 Å². The smallest absolute Gasteiger partial charge is 0.322 e. The first-order valence-electron chi connectivity index (χ1n) is 17.1. The van der Waals surface area contributed by atoms with Crippen LogP contribution < -0.4 is 11.1 Å². The van der Waals surface area contributed by atoms with Crippen LogP contribution in [0.2, 0.25) is 0 Å². The molecular formula is C35H45Br2N7O5. The number of fused-ring (bicyclic) bond motifs is 1. The standard InChI is InChI=1S/C35H45Br2N7O5/c1-40-14-15-43(30(21-40)34(47)48)25-8-12-42(13-9-25)33(46)24(16-22-17-27(36)32(38)28(37)18-22)19-31(45)41-10-6-26(7-11-41)44-20-23-4-2-3-5-29(23)39-35(44)49/h2-5,17-18,24-26,30H,6-16,19-21,38H2,1H3,(H,39,49)(H,47,48). The molecule has 4 aliphatic heterocycles. The highest BCUT2D eigenvalue weighted by Crippen LogP contribution is 2.33. The zero-order valence-electron chi connectivity index (χ0n) is 27.8. The van der Waals surface area contributed by atoms with Gasteiger partial charge in [-0.15, -0.1) is 0 Å². The minimum Gasteiger partial charge on any atom is -0.480 e. The molecule has 2 aromatic carbocycles. The van der Waals surface area contributed by atoms with Gasteiger partial charge in [-0.05, 0) is 100 Å². The van der Waals surface area contributed by atoms with Crippen LogP contribution in [0.15, 0.2) is 45.3 Å². The van der Waals surface area contributed by atoms with Gasteiger partial charge in [-0.2, -0.15) is 0 Å². The number of urea groups is 1. The van der Waals surface area contributed by atoms with Crippen molar-refractivity contribution in [1.29, 1.82) is 0 Å². The molecule has 4 N–H and O–H groups in total. The van der Waals surface area contributed by atoms with Crippen molar-refractivity contribution in [3.05, 3.63) is 56.5 Å². The van der Waals surface area contributed by atoms with Gasteiger partial charge in [0, 0.05) is 85.5 Å². The Morgan fingerprint density at radius 1 is 0.939 bits per heavy atom. The lowest BCUT2D eigenvalue weighted by Crippen LogP contribution is -2.60. The number of nitrogens with two attached hydrogens (primary N) is 1. The van der Waals surface area contributed by atoms with E-state index in [0.717, 1.165) is 32.3 Å². The van der Waals surface area contributed by atoms with E-state index in [2.05, 4.69) is 47.0 Å². The third-order valence-electron chi connectivity index (χ3n) is 10.7. The van der Waals surface area contributed by atoms with Crippen molar-refractivity contribution in [2.24, 2.45) is 5.92 Å².